The molecule has 3 nitrogen and oxygen atoms in total. The lowest BCUT2D eigenvalue weighted by atomic mass is 10.0. The number of carbonyl (C=O) groups is 1. The van der Waals surface area contributed by atoms with Crippen molar-refractivity contribution in [3.8, 4) is 0 Å². The highest BCUT2D eigenvalue weighted by molar-refractivity contribution is 7.97. The summed E-state index contributed by atoms with van der Waals surface area (Å²) in [5.74, 6) is 0.949. The van der Waals surface area contributed by atoms with Gasteiger partial charge in [0, 0.05) is 5.75 Å². The lowest BCUT2D eigenvalue weighted by Gasteiger charge is -2.13. The predicted molar refractivity (Wildman–Crippen MR) is 61.4 cm³/mol. The molecule has 2 N–H and O–H groups in total. The van der Waals surface area contributed by atoms with Crippen molar-refractivity contribution in [2.75, 3.05) is 12.3 Å². The summed E-state index contributed by atoms with van der Waals surface area (Å²) in [6.45, 7) is 4.44. The number of unbranched alkanes of at least 4 members (excludes halogenated alkanes) is 1. The Morgan fingerprint density at radius 3 is 2.71 bits per heavy atom. The fraction of sp³-hybridized carbons (Fsp3) is 0.900. The fourth-order valence-corrected chi connectivity index (χ4v) is 2.17. The zero-order chi connectivity index (χ0) is 10.8. The monoisotopic (exact) mass is 219 g/mol. The Morgan fingerprint density at radius 2 is 2.21 bits per heavy atom. The molecule has 0 radical (unpaired) electrons. The third kappa shape index (κ3) is 8.38. The van der Waals surface area contributed by atoms with E-state index >= 15 is 0 Å². The normalized spacial score (nSPS) is 12.7. The van der Waals surface area contributed by atoms with Crippen LogP contribution in [0.3, 0.4) is 0 Å². The Labute approximate surface area is 90.8 Å². The van der Waals surface area contributed by atoms with E-state index in [4.69, 9.17) is 5.11 Å². The smallest absolute Gasteiger partial charge is 0.318 e. The Bertz CT molecular complexity index is 153. The number of nitrogens with one attached hydrogen (secondary N) is 1. The fourth-order valence-electron chi connectivity index (χ4n) is 1.19. The van der Waals surface area contributed by atoms with E-state index in [1.807, 2.05) is 0 Å². The summed E-state index contributed by atoms with van der Waals surface area (Å²) in [5.41, 5.74) is 0. The van der Waals surface area contributed by atoms with Gasteiger partial charge in [-0.15, -0.1) is 0 Å². The summed E-state index contributed by atoms with van der Waals surface area (Å²) < 4.78 is 2.84. The van der Waals surface area contributed by atoms with Crippen molar-refractivity contribution < 1.29 is 9.90 Å². The van der Waals surface area contributed by atoms with E-state index in [0.717, 1.165) is 11.7 Å². The first-order chi connectivity index (χ1) is 6.70. The maximum absolute atomic E-state index is 10.2. The van der Waals surface area contributed by atoms with E-state index < -0.39 is 5.97 Å². The molecule has 84 valence electrons. The largest absolute Gasteiger partial charge is 0.480 e. The van der Waals surface area contributed by atoms with Crippen LogP contribution in [-0.4, -0.2) is 23.4 Å². The van der Waals surface area contributed by atoms with Gasteiger partial charge in [0.05, 0.1) is 0 Å². The van der Waals surface area contributed by atoms with Crippen molar-refractivity contribution in [1.82, 2.24) is 4.72 Å². The molecule has 0 aliphatic rings. The molecule has 0 bridgehead atoms. The van der Waals surface area contributed by atoms with Crippen LogP contribution < -0.4 is 4.72 Å². The lowest BCUT2D eigenvalue weighted by molar-refractivity contribution is -0.135. The minimum absolute atomic E-state index is 0.0505. The Morgan fingerprint density at radius 1 is 1.50 bits per heavy atom. The van der Waals surface area contributed by atoms with Gasteiger partial charge in [-0.05, 0) is 12.3 Å². The third-order valence-electron chi connectivity index (χ3n) is 2.19. The van der Waals surface area contributed by atoms with Crippen LogP contribution in [0.4, 0.5) is 0 Å². The highest BCUT2D eigenvalue weighted by Gasteiger charge is 2.05. The molecule has 0 fully saturated rings. The van der Waals surface area contributed by atoms with Crippen LogP contribution in [0.15, 0.2) is 0 Å². The topological polar surface area (TPSA) is 49.3 Å². The second-order valence-corrected chi connectivity index (χ2v) is 4.35. The molecule has 0 aliphatic heterocycles. The summed E-state index contributed by atoms with van der Waals surface area (Å²) in [6, 6.07) is 0. The Balaban J connectivity index is 3.37. The zero-order valence-corrected chi connectivity index (χ0v) is 9.90. The first kappa shape index (κ1) is 13.8. The van der Waals surface area contributed by atoms with E-state index in [2.05, 4.69) is 18.6 Å². The average molecular weight is 219 g/mol. The Kier molecular flexibility index (Phi) is 9.19. The van der Waals surface area contributed by atoms with Gasteiger partial charge in [0.25, 0.3) is 0 Å². The van der Waals surface area contributed by atoms with E-state index in [-0.39, 0.29) is 6.54 Å². The van der Waals surface area contributed by atoms with Crippen LogP contribution in [0.2, 0.25) is 0 Å². The first-order valence-electron chi connectivity index (χ1n) is 5.27. The molecule has 0 saturated heterocycles. The van der Waals surface area contributed by atoms with Gasteiger partial charge in [0.15, 0.2) is 0 Å². The van der Waals surface area contributed by atoms with Crippen LogP contribution in [0.1, 0.15) is 39.5 Å². The highest BCUT2D eigenvalue weighted by Crippen LogP contribution is 2.16. The molecule has 0 aromatic carbocycles. The van der Waals surface area contributed by atoms with Crippen LogP contribution in [0.5, 0.6) is 0 Å². The summed E-state index contributed by atoms with van der Waals surface area (Å²) in [5, 5.41) is 8.40. The maximum atomic E-state index is 10.2. The molecule has 14 heavy (non-hydrogen) atoms. The van der Waals surface area contributed by atoms with E-state index in [0.29, 0.717) is 0 Å². The summed E-state index contributed by atoms with van der Waals surface area (Å²) in [7, 11) is 0. The van der Waals surface area contributed by atoms with Crippen LogP contribution in [0, 0.1) is 5.92 Å². The molecule has 0 saturated carbocycles. The summed E-state index contributed by atoms with van der Waals surface area (Å²) >= 11 is 1.53. The number of aliphatic carboxylic acids is 1. The van der Waals surface area contributed by atoms with Gasteiger partial charge >= 0.3 is 5.97 Å². The van der Waals surface area contributed by atoms with E-state index in [9.17, 15) is 4.79 Å². The average Bonchev–Trinajstić information content (AvgIpc) is 2.16. The van der Waals surface area contributed by atoms with E-state index in [1.54, 1.807) is 0 Å². The molecule has 0 heterocycles. The quantitative estimate of drug-likeness (QED) is 0.462. The number of carboxylic acid groups (broad SMARTS) is 1. The van der Waals surface area contributed by atoms with E-state index in [1.165, 1.54) is 37.6 Å². The zero-order valence-electron chi connectivity index (χ0n) is 9.08. The van der Waals surface area contributed by atoms with Crippen molar-refractivity contribution in [2.45, 2.75) is 39.5 Å². The number of rotatable bonds is 9. The highest BCUT2D eigenvalue weighted by atomic mass is 32.2. The van der Waals surface area contributed by atoms with Crippen LogP contribution >= 0.6 is 11.9 Å². The van der Waals surface area contributed by atoms with Crippen LogP contribution in [0.25, 0.3) is 0 Å². The van der Waals surface area contributed by atoms with Crippen molar-refractivity contribution >= 4 is 17.9 Å². The predicted octanol–water partition coefficient (Wildman–Crippen LogP) is 2.53. The van der Waals surface area contributed by atoms with Gasteiger partial charge in [-0.1, -0.05) is 45.1 Å². The van der Waals surface area contributed by atoms with Gasteiger partial charge in [0.2, 0.25) is 0 Å². The molecular weight excluding hydrogens is 198 g/mol. The SMILES string of the molecule is CCCCC(CC)CSNCC(=O)O. The second-order valence-electron chi connectivity index (χ2n) is 3.44. The van der Waals surface area contributed by atoms with Crippen LogP contribution in [-0.2, 0) is 4.79 Å². The number of hydrogen-bond donors (Lipinski definition) is 2. The van der Waals surface area contributed by atoms with Gasteiger partial charge in [-0.25, -0.2) is 0 Å². The molecule has 4 heteroatoms. The summed E-state index contributed by atoms with van der Waals surface area (Å²) in [6.07, 6.45) is 4.96. The van der Waals surface area contributed by atoms with Gasteiger partial charge in [-0.3, -0.25) is 9.52 Å². The molecule has 0 aliphatic carbocycles. The number of hydrogen-bond acceptors (Lipinski definition) is 3. The molecule has 0 spiro atoms. The minimum atomic E-state index is -0.792. The van der Waals surface area contributed by atoms with Gasteiger partial charge in [0.1, 0.15) is 6.54 Å². The standard InChI is InChI=1S/C10H21NO2S/c1-3-5-6-9(4-2)8-14-11-7-10(12)13/h9,11H,3-8H2,1-2H3,(H,12,13). The van der Waals surface area contributed by atoms with Crippen molar-refractivity contribution in [2.24, 2.45) is 5.92 Å². The maximum Gasteiger partial charge on any atom is 0.318 e. The van der Waals surface area contributed by atoms with Gasteiger partial charge in [-0.2, -0.15) is 0 Å². The lowest BCUT2D eigenvalue weighted by Crippen LogP contribution is -2.17. The molecule has 1 atom stereocenters. The third-order valence-corrected chi connectivity index (χ3v) is 3.17. The van der Waals surface area contributed by atoms with Crippen molar-refractivity contribution in [3.05, 3.63) is 0 Å². The number of carboxylic acids is 1. The molecule has 0 aromatic rings. The molecule has 0 amide bonds. The minimum Gasteiger partial charge on any atom is -0.480 e. The molecule has 1 unspecified atom stereocenters. The molecular formula is C10H21NO2S. The molecule has 0 rings (SSSR count). The van der Waals surface area contributed by atoms with Crippen molar-refractivity contribution in [3.63, 3.8) is 0 Å². The first-order valence-corrected chi connectivity index (χ1v) is 6.25. The van der Waals surface area contributed by atoms with Crippen molar-refractivity contribution in [1.29, 1.82) is 0 Å². The molecule has 0 aromatic heterocycles. The second kappa shape index (κ2) is 9.34. The Hall–Kier alpha value is -0.220. The van der Waals surface area contributed by atoms with Gasteiger partial charge < -0.3 is 5.11 Å². The summed E-state index contributed by atoms with van der Waals surface area (Å²) in [4.78, 5) is 10.2.